The van der Waals surface area contributed by atoms with Crippen molar-refractivity contribution in [3.63, 3.8) is 0 Å². The standard InChI is InChI=1S/C21H26N4O3S2/c1-2-3-12-23-30(27,28)17-9-10-18-19(14-17)25-21(24-18)29-15-20(26)22-13-11-16-7-5-4-6-8-16/h4-10,14,23H,2-3,11-13,15H2,1H3,(H,22,26)(H,24,25). The lowest BCUT2D eigenvalue weighted by Gasteiger charge is -2.05. The minimum Gasteiger partial charge on any atom is -0.355 e. The van der Waals surface area contributed by atoms with E-state index in [1.54, 1.807) is 18.2 Å². The molecule has 9 heteroatoms. The van der Waals surface area contributed by atoms with Crippen molar-refractivity contribution >= 4 is 38.7 Å². The Labute approximate surface area is 181 Å². The zero-order chi connectivity index (χ0) is 21.4. The van der Waals surface area contributed by atoms with Gasteiger partial charge in [0.1, 0.15) is 0 Å². The van der Waals surface area contributed by atoms with Gasteiger partial charge in [0.05, 0.1) is 21.7 Å². The summed E-state index contributed by atoms with van der Waals surface area (Å²) in [5.74, 6) is 0.165. The first-order chi connectivity index (χ1) is 14.5. The molecule has 1 heterocycles. The summed E-state index contributed by atoms with van der Waals surface area (Å²) < 4.78 is 27.3. The third kappa shape index (κ3) is 6.32. The molecule has 0 bridgehead atoms. The van der Waals surface area contributed by atoms with Crippen molar-refractivity contribution in [2.24, 2.45) is 0 Å². The Kier molecular flexibility index (Phi) is 7.89. The number of nitrogens with one attached hydrogen (secondary N) is 3. The quantitative estimate of drug-likeness (QED) is 0.310. The van der Waals surface area contributed by atoms with Crippen molar-refractivity contribution in [3.8, 4) is 0 Å². The van der Waals surface area contributed by atoms with Crippen LogP contribution in [-0.4, -0.2) is 43.1 Å². The molecule has 1 amide bonds. The number of fused-ring (bicyclic) bond motifs is 1. The Hall–Kier alpha value is -2.36. The monoisotopic (exact) mass is 446 g/mol. The number of unbranched alkanes of at least 4 members (excludes halogenated alkanes) is 1. The predicted octanol–water partition coefficient (Wildman–Crippen LogP) is 3.09. The smallest absolute Gasteiger partial charge is 0.240 e. The summed E-state index contributed by atoms with van der Waals surface area (Å²) >= 11 is 1.29. The van der Waals surface area contributed by atoms with Crippen molar-refractivity contribution in [2.45, 2.75) is 36.2 Å². The van der Waals surface area contributed by atoms with Gasteiger partial charge >= 0.3 is 0 Å². The minimum atomic E-state index is -3.54. The number of thioether (sulfide) groups is 1. The average molecular weight is 447 g/mol. The molecule has 0 spiro atoms. The summed E-state index contributed by atoms with van der Waals surface area (Å²) in [7, 11) is -3.54. The van der Waals surface area contributed by atoms with Gasteiger partial charge in [-0.15, -0.1) is 0 Å². The topological polar surface area (TPSA) is 104 Å². The first-order valence-electron chi connectivity index (χ1n) is 9.91. The second-order valence-corrected chi connectivity index (χ2v) is 9.58. The molecule has 0 aliphatic carbocycles. The molecule has 7 nitrogen and oxygen atoms in total. The number of carbonyl (C=O) groups excluding carboxylic acids is 1. The highest BCUT2D eigenvalue weighted by molar-refractivity contribution is 7.99. The Morgan fingerprint density at radius 1 is 1.13 bits per heavy atom. The van der Waals surface area contributed by atoms with Gasteiger partial charge in [0, 0.05) is 13.1 Å². The van der Waals surface area contributed by atoms with Crippen LogP contribution in [-0.2, 0) is 21.2 Å². The summed E-state index contributed by atoms with van der Waals surface area (Å²) in [5, 5.41) is 3.48. The van der Waals surface area contributed by atoms with E-state index in [0.29, 0.717) is 29.3 Å². The summed E-state index contributed by atoms with van der Waals surface area (Å²) in [6.07, 6.45) is 2.49. The van der Waals surface area contributed by atoms with Gasteiger partial charge in [-0.1, -0.05) is 55.4 Å². The van der Waals surface area contributed by atoms with Crippen LogP contribution in [0.2, 0.25) is 0 Å². The molecule has 0 atom stereocenters. The molecule has 0 saturated heterocycles. The summed E-state index contributed by atoms with van der Waals surface area (Å²) in [6, 6.07) is 14.8. The molecule has 0 radical (unpaired) electrons. The van der Waals surface area contributed by atoms with E-state index < -0.39 is 10.0 Å². The van der Waals surface area contributed by atoms with Crippen LogP contribution in [0.1, 0.15) is 25.3 Å². The minimum absolute atomic E-state index is 0.0696. The molecular formula is C21H26N4O3S2. The van der Waals surface area contributed by atoms with E-state index in [1.807, 2.05) is 37.3 Å². The van der Waals surface area contributed by atoms with E-state index >= 15 is 0 Å². The van der Waals surface area contributed by atoms with Crippen LogP contribution in [0, 0.1) is 0 Å². The van der Waals surface area contributed by atoms with Crippen LogP contribution in [0.3, 0.4) is 0 Å². The lowest BCUT2D eigenvalue weighted by Crippen LogP contribution is -2.27. The molecule has 0 saturated carbocycles. The highest BCUT2D eigenvalue weighted by Crippen LogP contribution is 2.22. The highest BCUT2D eigenvalue weighted by atomic mass is 32.2. The van der Waals surface area contributed by atoms with Crippen molar-refractivity contribution in [1.29, 1.82) is 0 Å². The lowest BCUT2D eigenvalue weighted by atomic mass is 10.1. The number of aromatic amines is 1. The van der Waals surface area contributed by atoms with Gasteiger partial charge in [-0.25, -0.2) is 18.1 Å². The van der Waals surface area contributed by atoms with Gasteiger partial charge in [-0.05, 0) is 36.6 Å². The SMILES string of the molecule is CCCCNS(=O)(=O)c1ccc2nc(SCC(=O)NCCc3ccccc3)[nH]c2c1. The molecule has 0 aliphatic heterocycles. The fourth-order valence-electron chi connectivity index (χ4n) is 2.84. The van der Waals surface area contributed by atoms with Crippen molar-refractivity contribution in [1.82, 2.24) is 20.0 Å². The summed E-state index contributed by atoms with van der Waals surface area (Å²) in [6.45, 7) is 3.00. The van der Waals surface area contributed by atoms with Gasteiger partial charge in [0.25, 0.3) is 0 Å². The van der Waals surface area contributed by atoms with E-state index in [1.165, 1.54) is 17.3 Å². The molecule has 1 aromatic heterocycles. The highest BCUT2D eigenvalue weighted by Gasteiger charge is 2.15. The molecule has 160 valence electrons. The van der Waals surface area contributed by atoms with Gasteiger partial charge < -0.3 is 10.3 Å². The van der Waals surface area contributed by atoms with Crippen LogP contribution < -0.4 is 10.0 Å². The van der Waals surface area contributed by atoms with E-state index in [-0.39, 0.29) is 16.6 Å². The largest absolute Gasteiger partial charge is 0.355 e. The number of imidazole rings is 1. The van der Waals surface area contributed by atoms with E-state index in [9.17, 15) is 13.2 Å². The maximum absolute atomic E-state index is 12.4. The molecule has 3 aromatic rings. The lowest BCUT2D eigenvalue weighted by molar-refractivity contribution is -0.118. The maximum Gasteiger partial charge on any atom is 0.240 e. The third-order valence-corrected chi connectivity index (χ3v) is 6.81. The molecule has 2 aromatic carbocycles. The van der Waals surface area contributed by atoms with Crippen LogP contribution in [0.15, 0.2) is 58.6 Å². The Morgan fingerprint density at radius 2 is 1.93 bits per heavy atom. The normalized spacial score (nSPS) is 11.6. The number of amides is 1. The first-order valence-corrected chi connectivity index (χ1v) is 12.4. The van der Waals surface area contributed by atoms with Crippen molar-refractivity contribution in [3.05, 3.63) is 54.1 Å². The number of aromatic nitrogens is 2. The van der Waals surface area contributed by atoms with Gasteiger partial charge in [0.2, 0.25) is 15.9 Å². The number of nitrogens with zero attached hydrogens (tertiary/aromatic N) is 1. The van der Waals surface area contributed by atoms with E-state index in [0.717, 1.165) is 19.3 Å². The summed E-state index contributed by atoms with van der Waals surface area (Å²) in [5.41, 5.74) is 2.47. The molecular weight excluding hydrogens is 420 g/mol. The van der Waals surface area contributed by atoms with Crippen molar-refractivity contribution in [2.75, 3.05) is 18.8 Å². The molecule has 30 heavy (non-hydrogen) atoms. The van der Waals surface area contributed by atoms with Gasteiger partial charge in [-0.3, -0.25) is 4.79 Å². The van der Waals surface area contributed by atoms with Crippen LogP contribution in [0.5, 0.6) is 0 Å². The number of rotatable bonds is 11. The number of carbonyl (C=O) groups is 1. The van der Waals surface area contributed by atoms with Crippen LogP contribution in [0.4, 0.5) is 0 Å². The van der Waals surface area contributed by atoms with Gasteiger partial charge in [0.15, 0.2) is 5.16 Å². The van der Waals surface area contributed by atoms with Crippen LogP contribution >= 0.6 is 11.8 Å². The fourth-order valence-corrected chi connectivity index (χ4v) is 4.66. The van der Waals surface area contributed by atoms with E-state index in [4.69, 9.17) is 0 Å². The zero-order valence-electron chi connectivity index (χ0n) is 16.8. The van der Waals surface area contributed by atoms with Crippen molar-refractivity contribution < 1.29 is 13.2 Å². The Bertz CT molecular complexity index is 1080. The number of hydrogen-bond donors (Lipinski definition) is 3. The first kappa shape index (κ1) is 22.3. The third-order valence-electron chi connectivity index (χ3n) is 4.48. The second-order valence-electron chi connectivity index (χ2n) is 6.85. The number of benzene rings is 2. The fraction of sp³-hybridized carbons (Fsp3) is 0.333. The molecule has 0 fully saturated rings. The van der Waals surface area contributed by atoms with Gasteiger partial charge in [-0.2, -0.15) is 0 Å². The summed E-state index contributed by atoms with van der Waals surface area (Å²) in [4.78, 5) is 19.8. The molecule has 3 N–H and O–H groups in total. The van der Waals surface area contributed by atoms with E-state index in [2.05, 4.69) is 20.0 Å². The average Bonchev–Trinajstić information content (AvgIpc) is 3.15. The Morgan fingerprint density at radius 3 is 2.70 bits per heavy atom. The van der Waals surface area contributed by atoms with Crippen LogP contribution in [0.25, 0.3) is 11.0 Å². The molecule has 0 aliphatic rings. The maximum atomic E-state index is 12.4. The zero-order valence-corrected chi connectivity index (χ0v) is 18.5. The number of sulfonamides is 1. The Balaban J connectivity index is 1.53. The molecule has 0 unspecified atom stereocenters. The number of H-pyrrole nitrogens is 1. The number of hydrogen-bond acceptors (Lipinski definition) is 5. The second kappa shape index (κ2) is 10.6. The molecule has 3 rings (SSSR count). The predicted molar refractivity (Wildman–Crippen MR) is 120 cm³/mol.